The Kier molecular flexibility index (Phi) is 11.9. The van der Waals surface area contributed by atoms with Crippen molar-refractivity contribution in [3.63, 3.8) is 0 Å². The number of nitrogens with zero attached hydrogens (tertiary/aromatic N) is 5. The SMILES string of the molecule is CN(C)[C@@H](C(=O)N1CCC[C@H]1c1ncc(-c2ccc(-c3ccc(-c4cnc([C@@H]5CCCN5C(=O)C5CCC(OC(=O)NC(C)(C)C)CC5)[nH]4)cc3)cc2)[nH]1)c1ccccc1. The van der Waals surface area contributed by atoms with Gasteiger partial charge in [-0.05, 0) is 114 Å². The van der Waals surface area contributed by atoms with Gasteiger partial charge in [0.15, 0.2) is 0 Å². The molecule has 0 radical (unpaired) electrons. The van der Waals surface area contributed by atoms with E-state index in [9.17, 15) is 14.4 Å². The van der Waals surface area contributed by atoms with E-state index in [1.807, 2.05) is 92.3 Å². The number of benzene rings is 3. The Balaban J connectivity index is 0.873. The highest BCUT2D eigenvalue weighted by Gasteiger charge is 2.39. The van der Waals surface area contributed by atoms with Gasteiger partial charge in [0.2, 0.25) is 11.8 Å². The number of ether oxygens (including phenoxy) is 1. The van der Waals surface area contributed by atoms with E-state index < -0.39 is 6.09 Å². The molecule has 2 aliphatic heterocycles. The van der Waals surface area contributed by atoms with Crippen LogP contribution in [-0.4, -0.2) is 91.4 Å². The fraction of sp³-hybridized carbons (Fsp3) is 0.438. The van der Waals surface area contributed by atoms with Gasteiger partial charge in [0.05, 0.1) is 35.9 Å². The standard InChI is InChI=1S/C48H58N8O4/c1-48(2,3)53-47(59)60-37-25-23-36(24-26-37)45(57)55-27-9-13-40(55)43-49-29-38(51-43)33-19-15-31(16-20-33)32-17-21-34(22-18-32)39-30-50-44(52-39)41-14-10-28-56(41)46(58)42(54(4)5)35-11-7-6-8-12-35/h6-8,11-12,15-22,29-30,36-37,40-42H,9-10,13-14,23-28H2,1-5H3,(H,49,51)(H,50,52)(H,53,59)/t36?,37?,40-,41-,42+/m0/s1. The monoisotopic (exact) mass is 810 g/mol. The largest absolute Gasteiger partial charge is 0.446 e. The second-order valence-electron chi connectivity index (χ2n) is 17.9. The number of rotatable bonds is 10. The molecule has 0 spiro atoms. The Bertz CT molecular complexity index is 2250. The third-order valence-electron chi connectivity index (χ3n) is 12.3. The molecule has 5 aromatic rings. The molecule has 12 nitrogen and oxygen atoms in total. The van der Waals surface area contributed by atoms with Crippen molar-refractivity contribution >= 4 is 17.9 Å². The van der Waals surface area contributed by atoms with Gasteiger partial charge in [0.1, 0.15) is 23.8 Å². The zero-order chi connectivity index (χ0) is 42.0. The van der Waals surface area contributed by atoms with Crippen LogP contribution in [0.25, 0.3) is 33.6 Å². The van der Waals surface area contributed by atoms with Crippen LogP contribution in [0, 0.1) is 5.92 Å². The molecule has 1 aliphatic carbocycles. The normalized spacial score (nSPS) is 21.3. The lowest BCUT2D eigenvalue weighted by Gasteiger charge is -2.32. The number of hydrogen-bond donors (Lipinski definition) is 3. The van der Waals surface area contributed by atoms with Gasteiger partial charge in [0, 0.05) is 24.5 Å². The Morgan fingerprint density at radius 3 is 1.72 bits per heavy atom. The summed E-state index contributed by atoms with van der Waals surface area (Å²) >= 11 is 0. The quantitative estimate of drug-likeness (QED) is 0.128. The maximum atomic E-state index is 13.9. The van der Waals surface area contributed by atoms with Crippen LogP contribution in [0.4, 0.5) is 4.79 Å². The van der Waals surface area contributed by atoms with E-state index in [1.165, 1.54) is 0 Å². The van der Waals surface area contributed by atoms with Crippen molar-refractivity contribution in [1.82, 2.24) is 40.0 Å². The molecule has 2 aromatic heterocycles. The van der Waals surface area contributed by atoms with Crippen LogP contribution in [0.5, 0.6) is 0 Å². The number of amides is 3. The highest BCUT2D eigenvalue weighted by molar-refractivity contribution is 5.84. The maximum Gasteiger partial charge on any atom is 0.407 e. The zero-order valence-corrected chi connectivity index (χ0v) is 35.5. The molecule has 3 aliphatic rings. The van der Waals surface area contributed by atoms with Crippen LogP contribution in [0.1, 0.15) is 107 Å². The lowest BCUT2D eigenvalue weighted by atomic mass is 9.86. The summed E-state index contributed by atoms with van der Waals surface area (Å²) in [5.41, 5.74) is 6.77. The molecule has 3 atom stereocenters. The average molecular weight is 811 g/mol. The van der Waals surface area contributed by atoms with Gasteiger partial charge in [-0.15, -0.1) is 0 Å². The van der Waals surface area contributed by atoms with Gasteiger partial charge < -0.3 is 29.8 Å². The smallest absolute Gasteiger partial charge is 0.407 e. The molecule has 60 heavy (non-hydrogen) atoms. The number of carbonyl (C=O) groups excluding carboxylic acids is 3. The van der Waals surface area contributed by atoms with Gasteiger partial charge in [-0.1, -0.05) is 78.9 Å². The van der Waals surface area contributed by atoms with E-state index in [2.05, 4.69) is 63.8 Å². The minimum atomic E-state index is -0.393. The Morgan fingerprint density at radius 2 is 1.20 bits per heavy atom. The highest BCUT2D eigenvalue weighted by atomic mass is 16.6. The van der Waals surface area contributed by atoms with Crippen LogP contribution < -0.4 is 5.32 Å². The highest BCUT2D eigenvalue weighted by Crippen LogP contribution is 2.38. The number of nitrogens with one attached hydrogen (secondary N) is 3. The summed E-state index contributed by atoms with van der Waals surface area (Å²) in [6.07, 6.45) is 9.66. The van der Waals surface area contributed by atoms with Gasteiger partial charge >= 0.3 is 6.09 Å². The van der Waals surface area contributed by atoms with E-state index in [0.717, 1.165) is 83.1 Å². The third kappa shape index (κ3) is 9.03. The fourth-order valence-electron chi connectivity index (χ4n) is 9.22. The molecular formula is C48H58N8O4. The van der Waals surface area contributed by atoms with Crippen LogP contribution in [-0.2, 0) is 14.3 Å². The van der Waals surface area contributed by atoms with Gasteiger partial charge in [-0.3, -0.25) is 14.5 Å². The topological polar surface area (TPSA) is 140 Å². The van der Waals surface area contributed by atoms with Crippen molar-refractivity contribution < 1.29 is 19.1 Å². The number of likely N-dealkylation sites (N-methyl/N-ethyl adjacent to an activating group) is 1. The molecule has 4 heterocycles. The molecular weight excluding hydrogens is 753 g/mol. The number of carbonyl (C=O) groups is 3. The second kappa shape index (κ2) is 17.5. The van der Waals surface area contributed by atoms with Crippen molar-refractivity contribution in [2.75, 3.05) is 27.2 Å². The average Bonchev–Trinajstić information content (AvgIpc) is 4.08. The number of aromatic amines is 2. The summed E-state index contributed by atoms with van der Waals surface area (Å²) in [4.78, 5) is 62.6. The summed E-state index contributed by atoms with van der Waals surface area (Å²) in [7, 11) is 3.91. The van der Waals surface area contributed by atoms with E-state index in [-0.39, 0.29) is 47.5 Å². The first kappa shape index (κ1) is 41.0. The van der Waals surface area contributed by atoms with Crippen LogP contribution in [0.15, 0.2) is 91.3 Å². The predicted molar refractivity (Wildman–Crippen MR) is 232 cm³/mol. The third-order valence-corrected chi connectivity index (χ3v) is 12.3. The van der Waals surface area contributed by atoms with Gasteiger partial charge in [-0.25, -0.2) is 14.8 Å². The Hall–Kier alpha value is -5.75. The first-order valence-electron chi connectivity index (χ1n) is 21.5. The molecule has 3 amide bonds. The number of imidazole rings is 2. The summed E-state index contributed by atoms with van der Waals surface area (Å²) < 4.78 is 5.65. The first-order valence-corrected chi connectivity index (χ1v) is 21.5. The van der Waals surface area contributed by atoms with E-state index in [4.69, 9.17) is 14.7 Å². The number of likely N-dealkylation sites (tertiary alicyclic amines) is 2. The zero-order valence-electron chi connectivity index (χ0n) is 35.5. The van der Waals surface area contributed by atoms with Crippen molar-refractivity contribution in [3.05, 3.63) is 108 Å². The molecule has 0 bridgehead atoms. The molecule has 314 valence electrons. The van der Waals surface area contributed by atoms with Crippen LogP contribution in [0.2, 0.25) is 0 Å². The summed E-state index contributed by atoms with van der Waals surface area (Å²) in [6, 6.07) is 26.4. The molecule has 0 unspecified atom stereocenters. The minimum absolute atomic E-state index is 0.0640. The van der Waals surface area contributed by atoms with Crippen molar-refractivity contribution in [1.29, 1.82) is 0 Å². The molecule has 3 N–H and O–H groups in total. The Labute approximate surface area is 353 Å². The summed E-state index contributed by atoms with van der Waals surface area (Å²) in [5, 5.41) is 2.86. The van der Waals surface area contributed by atoms with Crippen molar-refractivity contribution in [3.8, 4) is 33.6 Å². The molecule has 3 aromatic carbocycles. The molecule has 8 rings (SSSR count). The van der Waals surface area contributed by atoms with Crippen LogP contribution >= 0.6 is 0 Å². The van der Waals surface area contributed by atoms with Gasteiger partial charge in [-0.2, -0.15) is 0 Å². The Morgan fingerprint density at radius 1 is 0.700 bits per heavy atom. The summed E-state index contributed by atoms with van der Waals surface area (Å²) in [6.45, 7) is 7.23. The number of hydrogen-bond acceptors (Lipinski definition) is 7. The second-order valence-corrected chi connectivity index (χ2v) is 17.9. The fourth-order valence-corrected chi connectivity index (χ4v) is 9.22. The number of alkyl carbamates (subject to hydrolysis) is 1. The minimum Gasteiger partial charge on any atom is -0.446 e. The molecule has 12 heteroatoms. The molecule has 1 saturated carbocycles. The van der Waals surface area contributed by atoms with Crippen molar-refractivity contribution in [2.45, 2.75) is 102 Å². The maximum absolute atomic E-state index is 13.9. The predicted octanol–water partition coefficient (Wildman–Crippen LogP) is 8.85. The molecule has 3 fully saturated rings. The van der Waals surface area contributed by atoms with Crippen molar-refractivity contribution in [2.24, 2.45) is 5.92 Å². The van der Waals surface area contributed by atoms with E-state index in [0.29, 0.717) is 32.2 Å². The van der Waals surface area contributed by atoms with Gasteiger partial charge in [0.25, 0.3) is 0 Å². The number of H-pyrrole nitrogens is 2. The van der Waals surface area contributed by atoms with Crippen LogP contribution in [0.3, 0.4) is 0 Å². The van der Waals surface area contributed by atoms with E-state index >= 15 is 0 Å². The first-order chi connectivity index (χ1) is 28.9. The lowest BCUT2D eigenvalue weighted by Crippen LogP contribution is -2.43. The molecule has 2 saturated heterocycles. The number of aromatic nitrogens is 4. The van der Waals surface area contributed by atoms with E-state index in [1.54, 1.807) is 0 Å². The lowest BCUT2D eigenvalue weighted by molar-refractivity contribution is -0.138. The summed E-state index contributed by atoms with van der Waals surface area (Å²) in [5.74, 6) is 1.87.